The topological polar surface area (TPSA) is 52.3 Å². The molecule has 0 unspecified atom stereocenters. The van der Waals surface area contributed by atoms with Gasteiger partial charge in [-0.2, -0.15) is 0 Å². The second-order valence-electron chi connectivity index (χ2n) is 5.04. The summed E-state index contributed by atoms with van der Waals surface area (Å²) in [4.78, 5) is 11.3. The summed E-state index contributed by atoms with van der Waals surface area (Å²) in [5, 5.41) is 0. The van der Waals surface area contributed by atoms with E-state index in [1.807, 2.05) is 12.1 Å². The Bertz CT molecular complexity index is 399. The van der Waals surface area contributed by atoms with Crippen molar-refractivity contribution in [3.8, 4) is 0 Å². The van der Waals surface area contributed by atoms with Crippen molar-refractivity contribution < 1.29 is 9.53 Å². The molecule has 2 rings (SSSR count). The Kier molecular flexibility index (Phi) is 6.32. The SMILES string of the molecule is COC(=O)c1ccc([C@@H](N)C2CCCCC2)cc1.Cl. The number of rotatable bonds is 3. The third-order valence-corrected chi connectivity index (χ3v) is 3.87. The summed E-state index contributed by atoms with van der Waals surface area (Å²) in [5.74, 6) is 0.288. The second-order valence-corrected chi connectivity index (χ2v) is 5.04. The van der Waals surface area contributed by atoms with Crippen molar-refractivity contribution in [2.24, 2.45) is 11.7 Å². The Morgan fingerprint density at radius 3 is 2.32 bits per heavy atom. The van der Waals surface area contributed by atoms with Crippen molar-refractivity contribution in [2.75, 3.05) is 7.11 Å². The summed E-state index contributed by atoms with van der Waals surface area (Å²) < 4.78 is 4.68. The van der Waals surface area contributed by atoms with Crippen LogP contribution in [0.25, 0.3) is 0 Å². The van der Waals surface area contributed by atoms with Gasteiger partial charge in [0.1, 0.15) is 0 Å². The fourth-order valence-corrected chi connectivity index (χ4v) is 2.72. The van der Waals surface area contributed by atoms with Gasteiger partial charge in [0, 0.05) is 6.04 Å². The third-order valence-electron chi connectivity index (χ3n) is 3.87. The van der Waals surface area contributed by atoms with Crippen LogP contribution in [0.15, 0.2) is 24.3 Å². The van der Waals surface area contributed by atoms with Gasteiger partial charge in [-0.1, -0.05) is 31.4 Å². The number of carbonyl (C=O) groups excluding carboxylic acids is 1. The molecule has 1 aliphatic rings. The van der Waals surface area contributed by atoms with Crippen LogP contribution in [0.4, 0.5) is 0 Å². The fraction of sp³-hybridized carbons (Fsp3) is 0.533. The van der Waals surface area contributed by atoms with Crippen LogP contribution in [0.3, 0.4) is 0 Å². The third kappa shape index (κ3) is 3.95. The molecule has 106 valence electrons. The van der Waals surface area contributed by atoms with E-state index in [2.05, 4.69) is 4.74 Å². The number of esters is 1. The van der Waals surface area contributed by atoms with Crippen LogP contribution in [0.1, 0.15) is 54.1 Å². The van der Waals surface area contributed by atoms with Gasteiger partial charge in [0.05, 0.1) is 12.7 Å². The first-order valence-electron chi connectivity index (χ1n) is 6.66. The van der Waals surface area contributed by atoms with Crippen LogP contribution in [0, 0.1) is 5.92 Å². The number of benzene rings is 1. The van der Waals surface area contributed by atoms with E-state index in [-0.39, 0.29) is 24.4 Å². The molecule has 0 aromatic heterocycles. The summed E-state index contributed by atoms with van der Waals surface area (Å²) in [6.45, 7) is 0. The number of ether oxygens (including phenoxy) is 1. The molecule has 0 bridgehead atoms. The lowest BCUT2D eigenvalue weighted by Crippen LogP contribution is -2.23. The predicted molar refractivity (Wildman–Crippen MR) is 78.5 cm³/mol. The standard InChI is InChI=1S/C15H21NO2.ClH/c1-18-15(17)13-9-7-12(8-10-13)14(16)11-5-3-2-4-6-11;/h7-11,14H,2-6,16H2,1H3;1H/t14-;/m0./s1. The maximum Gasteiger partial charge on any atom is 0.337 e. The highest BCUT2D eigenvalue weighted by Gasteiger charge is 2.21. The predicted octanol–water partition coefficient (Wildman–Crippen LogP) is 3.48. The Hall–Kier alpha value is -1.06. The van der Waals surface area contributed by atoms with Gasteiger partial charge in [-0.25, -0.2) is 4.79 Å². The monoisotopic (exact) mass is 283 g/mol. The summed E-state index contributed by atoms with van der Waals surface area (Å²) in [5.41, 5.74) is 8.01. The molecule has 0 heterocycles. The Balaban J connectivity index is 0.00000180. The molecule has 0 aliphatic heterocycles. The molecule has 1 fully saturated rings. The fourth-order valence-electron chi connectivity index (χ4n) is 2.72. The molecule has 1 atom stereocenters. The highest BCUT2D eigenvalue weighted by Crippen LogP contribution is 2.32. The number of halogens is 1. The van der Waals surface area contributed by atoms with Gasteiger partial charge in [0.2, 0.25) is 0 Å². The first-order valence-corrected chi connectivity index (χ1v) is 6.66. The summed E-state index contributed by atoms with van der Waals surface area (Å²) in [6.07, 6.45) is 6.36. The van der Waals surface area contributed by atoms with Gasteiger partial charge in [0.25, 0.3) is 0 Å². The van der Waals surface area contributed by atoms with E-state index in [0.717, 1.165) is 5.56 Å². The quantitative estimate of drug-likeness (QED) is 0.864. The average Bonchev–Trinajstić information content (AvgIpc) is 2.47. The average molecular weight is 284 g/mol. The van der Waals surface area contributed by atoms with Crippen molar-refractivity contribution >= 4 is 18.4 Å². The molecular weight excluding hydrogens is 262 g/mol. The lowest BCUT2D eigenvalue weighted by Gasteiger charge is -2.27. The lowest BCUT2D eigenvalue weighted by atomic mass is 9.81. The van der Waals surface area contributed by atoms with Crippen molar-refractivity contribution in [1.82, 2.24) is 0 Å². The van der Waals surface area contributed by atoms with Crippen molar-refractivity contribution in [3.63, 3.8) is 0 Å². The lowest BCUT2D eigenvalue weighted by molar-refractivity contribution is 0.0600. The normalized spacial score (nSPS) is 17.4. The maximum atomic E-state index is 11.3. The zero-order chi connectivity index (χ0) is 13.0. The highest BCUT2D eigenvalue weighted by molar-refractivity contribution is 5.89. The summed E-state index contributed by atoms with van der Waals surface area (Å²) in [7, 11) is 1.39. The highest BCUT2D eigenvalue weighted by atomic mass is 35.5. The number of carbonyl (C=O) groups is 1. The van der Waals surface area contributed by atoms with Gasteiger partial charge < -0.3 is 10.5 Å². The van der Waals surface area contributed by atoms with E-state index in [1.165, 1.54) is 39.2 Å². The summed E-state index contributed by atoms with van der Waals surface area (Å²) >= 11 is 0. The zero-order valence-electron chi connectivity index (χ0n) is 11.3. The molecule has 0 saturated heterocycles. The van der Waals surface area contributed by atoms with Gasteiger partial charge in [-0.3, -0.25) is 0 Å². The van der Waals surface area contributed by atoms with Crippen LogP contribution in [0.5, 0.6) is 0 Å². The number of methoxy groups -OCH3 is 1. The maximum absolute atomic E-state index is 11.3. The molecule has 0 spiro atoms. The van der Waals surface area contributed by atoms with Gasteiger partial charge in [-0.15, -0.1) is 12.4 Å². The second kappa shape index (κ2) is 7.51. The van der Waals surface area contributed by atoms with E-state index in [9.17, 15) is 4.79 Å². The minimum Gasteiger partial charge on any atom is -0.465 e. The molecule has 0 radical (unpaired) electrons. The van der Waals surface area contributed by atoms with Crippen molar-refractivity contribution in [2.45, 2.75) is 38.1 Å². The molecule has 3 nitrogen and oxygen atoms in total. The molecule has 19 heavy (non-hydrogen) atoms. The molecular formula is C15H22ClNO2. The molecule has 1 aliphatic carbocycles. The van der Waals surface area contributed by atoms with Crippen LogP contribution < -0.4 is 5.73 Å². The number of nitrogens with two attached hydrogens (primary N) is 1. The van der Waals surface area contributed by atoms with Crippen LogP contribution in [-0.2, 0) is 4.74 Å². The number of hydrogen-bond donors (Lipinski definition) is 1. The smallest absolute Gasteiger partial charge is 0.337 e. The van der Waals surface area contributed by atoms with E-state index in [1.54, 1.807) is 12.1 Å². The van der Waals surface area contributed by atoms with Gasteiger partial charge in [0.15, 0.2) is 0 Å². The minimum absolute atomic E-state index is 0. The molecule has 1 saturated carbocycles. The van der Waals surface area contributed by atoms with Crippen LogP contribution >= 0.6 is 12.4 Å². The minimum atomic E-state index is -0.298. The first kappa shape index (κ1) is 16.0. The van der Waals surface area contributed by atoms with Crippen molar-refractivity contribution in [1.29, 1.82) is 0 Å². The Morgan fingerprint density at radius 2 is 1.79 bits per heavy atom. The summed E-state index contributed by atoms with van der Waals surface area (Å²) in [6, 6.07) is 7.59. The molecule has 0 amide bonds. The van der Waals surface area contributed by atoms with E-state index in [4.69, 9.17) is 5.73 Å². The Morgan fingerprint density at radius 1 is 1.21 bits per heavy atom. The molecule has 1 aromatic rings. The largest absolute Gasteiger partial charge is 0.465 e. The molecule has 1 aromatic carbocycles. The van der Waals surface area contributed by atoms with E-state index in [0.29, 0.717) is 11.5 Å². The van der Waals surface area contributed by atoms with Crippen LogP contribution in [-0.4, -0.2) is 13.1 Å². The van der Waals surface area contributed by atoms with Crippen LogP contribution in [0.2, 0.25) is 0 Å². The first-order chi connectivity index (χ1) is 8.72. The molecule has 2 N–H and O–H groups in total. The van der Waals surface area contributed by atoms with E-state index < -0.39 is 0 Å². The van der Waals surface area contributed by atoms with Gasteiger partial charge >= 0.3 is 5.97 Å². The zero-order valence-corrected chi connectivity index (χ0v) is 12.1. The molecule has 4 heteroatoms. The Labute approximate surface area is 120 Å². The van der Waals surface area contributed by atoms with Crippen molar-refractivity contribution in [3.05, 3.63) is 35.4 Å². The van der Waals surface area contributed by atoms with E-state index >= 15 is 0 Å². The van der Waals surface area contributed by atoms with Gasteiger partial charge in [-0.05, 0) is 36.5 Å². The number of hydrogen-bond acceptors (Lipinski definition) is 3.